The fourth-order valence-electron chi connectivity index (χ4n) is 1.82. The maximum atomic E-state index is 12.1. The molecule has 0 unspecified atom stereocenters. The Morgan fingerprint density at radius 1 is 1.23 bits per heavy atom. The maximum absolute atomic E-state index is 12.1. The van der Waals surface area contributed by atoms with Crippen LogP contribution in [0.3, 0.4) is 0 Å². The van der Waals surface area contributed by atoms with Gasteiger partial charge < -0.3 is 9.47 Å². The number of carbonyl (C=O) groups is 1. The van der Waals surface area contributed by atoms with Crippen LogP contribution in [0.25, 0.3) is 6.08 Å². The molecule has 1 aliphatic heterocycles. The van der Waals surface area contributed by atoms with Gasteiger partial charge in [-0.25, -0.2) is 9.79 Å². The van der Waals surface area contributed by atoms with Gasteiger partial charge in [0.2, 0.25) is 5.90 Å². The zero-order chi connectivity index (χ0) is 15.5. The number of rotatable bonds is 4. The average molecular weight is 321 g/mol. The summed E-state index contributed by atoms with van der Waals surface area (Å²) in [4.78, 5) is 16.8. The van der Waals surface area contributed by atoms with E-state index >= 15 is 0 Å². The van der Waals surface area contributed by atoms with Crippen LogP contribution in [0.15, 0.2) is 52.5 Å². The quantitative estimate of drug-likeness (QED) is 0.637. The van der Waals surface area contributed by atoms with Gasteiger partial charge in [-0.2, -0.15) is 8.78 Å². The van der Waals surface area contributed by atoms with Crippen molar-refractivity contribution in [2.45, 2.75) is 6.61 Å². The lowest BCUT2D eigenvalue weighted by atomic mass is 10.2. The van der Waals surface area contributed by atoms with Crippen molar-refractivity contribution in [3.8, 4) is 5.75 Å². The third-order valence-corrected chi connectivity index (χ3v) is 3.59. The summed E-state index contributed by atoms with van der Waals surface area (Å²) in [6.45, 7) is -2.88. The van der Waals surface area contributed by atoms with Crippen LogP contribution in [0.5, 0.6) is 5.75 Å². The van der Waals surface area contributed by atoms with Crippen LogP contribution < -0.4 is 4.74 Å². The molecule has 1 aliphatic rings. The predicted molar refractivity (Wildman–Crippen MR) is 78.0 cm³/mol. The molecule has 0 atom stereocenters. The van der Waals surface area contributed by atoms with E-state index < -0.39 is 12.6 Å². The molecule has 1 aromatic carbocycles. The first-order chi connectivity index (χ1) is 10.6. The van der Waals surface area contributed by atoms with Crippen LogP contribution in [0.1, 0.15) is 10.4 Å². The lowest BCUT2D eigenvalue weighted by molar-refractivity contribution is -0.129. The van der Waals surface area contributed by atoms with Crippen molar-refractivity contribution in [1.82, 2.24) is 0 Å². The van der Waals surface area contributed by atoms with Gasteiger partial charge in [-0.05, 0) is 41.8 Å². The van der Waals surface area contributed by atoms with Gasteiger partial charge in [0.1, 0.15) is 5.75 Å². The molecule has 1 aromatic heterocycles. The average Bonchev–Trinajstić information content (AvgIpc) is 3.10. The van der Waals surface area contributed by atoms with Gasteiger partial charge in [0, 0.05) is 10.4 Å². The van der Waals surface area contributed by atoms with Crippen LogP contribution >= 0.6 is 11.3 Å². The Labute approximate surface area is 128 Å². The fraction of sp³-hybridized carbons (Fsp3) is 0.0667. The second kappa shape index (κ2) is 6.07. The SMILES string of the molecule is O=C1OC(c2ccc(OC(F)F)cc2)=N/C1=C\c1cccs1. The van der Waals surface area contributed by atoms with Crippen LogP contribution in [0.2, 0.25) is 0 Å². The molecule has 2 aromatic rings. The molecule has 0 bridgehead atoms. The summed E-state index contributed by atoms with van der Waals surface area (Å²) in [6, 6.07) is 9.44. The summed E-state index contributed by atoms with van der Waals surface area (Å²) in [7, 11) is 0. The Balaban J connectivity index is 1.82. The standard InChI is InChI=1S/C15H9F2NO3S/c16-15(17)20-10-5-3-9(4-6-10)13-18-12(14(19)21-13)8-11-2-1-7-22-11/h1-8,15H/b12-8-. The van der Waals surface area contributed by atoms with Crippen molar-refractivity contribution < 1.29 is 23.0 Å². The normalized spacial score (nSPS) is 16.0. The van der Waals surface area contributed by atoms with E-state index in [9.17, 15) is 13.6 Å². The molecule has 3 rings (SSSR count). The molecule has 0 spiro atoms. The number of carbonyl (C=O) groups excluding carboxylic acids is 1. The second-order valence-electron chi connectivity index (χ2n) is 4.25. The highest BCUT2D eigenvalue weighted by atomic mass is 32.1. The molecular weight excluding hydrogens is 312 g/mol. The first kappa shape index (κ1) is 14.4. The van der Waals surface area contributed by atoms with E-state index in [1.165, 1.54) is 35.6 Å². The number of esters is 1. The lowest BCUT2D eigenvalue weighted by Gasteiger charge is -2.04. The highest BCUT2D eigenvalue weighted by Gasteiger charge is 2.24. The molecule has 0 aliphatic carbocycles. The van der Waals surface area contributed by atoms with Gasteiger partial charge in [0.05, 0.1) is 0 Å². The monoisotopic (exact) mass is 321 g/mol. The second-order valence-corrected chi connectivity index (χ2v) is 5.23. The molecule has 112 valence electrons. The van der Waals surface area contributed by atoms with Crippen molar-refractivity contribution in [3.05, 3.63) is 57.9 Å². The van der Waals surface area contributed by atoms with Gasteiger partial charge >= 0.3 is 12.6 Å². The van der Waals surface area contributed by atoms with E-state index in [1.54, 1.807) is 6.08 Å². The summed E-state index contributed by atoms with van der Waals surface area (Å²) in [5.41, 5.74) is 0.704. The minimum Gasteiger partial charge on any atom is -0.435 e. The molecule has 0 saturated heterocycles. The Bertz CT molecular complexity index is 737. The molecule has 0 N–H and O–H groups in total. The minimum atomic E-state index is -2.88. The van der Waals surface area contributed by atoms with Gasteiger partial charge in [-0.3, -0.25) is 0 Å². The molecule has 7 heteroatoms. The molecule has 0 fully saturated rings. The molecule has 0 amide bonds. The zero-order valence-corrected chi connectivity index (χ0v) is 11.8. The first-order valence-corrected chi connectivity index (χ1v) is 7.11. The maximum Gasteiger partial charge on any atom is 0.387 e. The summed E-state index contributed by atoms with van der Waals surface area (Å²) in [6.07, 6.45) is 1.63. The minimum absolute atomic E-state index is 0.0259. The Morgan fingerprint density at radius 2 is 2.00 bits per heavy atom. The number of nitrogens with zero attached hydrogens (tertiary/aromatic N) is 1. The number of ether oxygens (including phenoxy) is 2. The fourth-order valence-corrected chi connectivity index (χ4v) is 2.47. The lowest BCUT2D eigenvalue weighted by Crippen LogP contribution is -2.06. The summed E-state index contributed by atoms with van der Waals surface area (Å²) < 4.78 is 33.5. The van der Waals surface area contributed by atoms with Crippen molar-refractivity contribution in [2.24, 2.45) is 4.99 Å². The summed E-state index contributed by atoms with van der Waals surface area (Å²) in [5, 5.41) is 1.89. The topological polar surface area (TPSA) is 47.9 Å². The van der Waals surface area contributed by atoms with E-state index in [0.717, 1.165) is 4.88 Å². The smallest absolute Gasteiger partial charge is 0.387 e. The third kappa shape index (κ3) is 3.20. The van der Waals surface area contributed by atoms with Crippen molar-refractivity contribution in [3.63, 3.8) is 0 Å². The number of thiophene rings is 1. The number of aliphatic imine (C=N–C) groups is 1. The van der Waals surface area contributed by atoms with E-state index in [0.29, 0.717) is 5.56 Å². The zero-order valence-electron chi connectivity index (χ0n) is 11.0. The Hall–Kier alpha value is -2.54. The molecular formula is C15H9F2NO3S. The number of cyclic esters (lactones) is 1. The summed E-state index contributed by atoms with van der Waals surface area (Å²) >= 11 is 1.48. The van der Waals surface area contributed by atoms with E-state index in [2.05, 4.69) is 9.73 Å². The molecule has 22 heavy (non-hydrogen) atoms. The van der Waals surface area contributed by atoms with Crippen molar-refractivity contribution >= 4 is 29.3 Å². The van der Waals surface area contributed by atoms with Crippen LogP contribution in [0.4, 0.5) is 8.78 Å². The van der Waals surface area contributed by atoms with Gasteiger partial charge in [0.15, 0.2) is 5.70 Å². The number of alkyl halides is 2. The van der Waals surface area contributed by atoms with Crippen molar-refractivity contribution in [2.75, 3.05) is 0 Å². The highest BCUT2D eigenvalue weighted by molar-refractivity contribution is 7.10. The third-order valence-electron chi connectivity index (χ3n) is 2.77. The Kier molecular flexibility index (Phi) is 3.97. The van der Waals surface area contributed by atoms with Gasteiger partial charge in [0.25, 0.3) is 0 Å². The largest absolute Gasteiger partial charge is 0.435 e. The molecule has 0 radical (unpaired) electrons. The van der Waals surface area contributed by atoms with Crippen LogP contribution in [0, 0.1) is 0 Å². The summed E-state index contributed by atoms with van der Waals surface area (Å²) in [5.74, 6) is -0.384. The number of benzene rings is 1. The molecule has 2 heterocycles. The van der Waals surface area contributed by atoms with E-state index in [4.69, 9.17) is 4.74 Å². The number of hydrogen-bond donors (Lipinski definition) is 0. The first-order valence-electron chi connectivity index (χ1n) is 6.23. The van der Waals surface area contributed by atoms with E-state index in [1.807, 2.05) is 17.5 Å². The molecule has 0 saturated carbocycles. The highest BCUT2D eigenvalue weighted by Crippen LogP contribution is 2.22. The van der Waals surface area contributed by atoms with Gasteiger partial charge in [-0.1, -0.05) is 6.07 Å². The van der Waals surface area contributed by atoms with E-state index in [-0.39, 0.29) is 17.3 Å². The number of hydrogen-bond acceptors (Lipinski definition) is 5. The van der Waals surface area contributed by atoms with Crippen LogP contribution in [-0.2, 0) is 9.53 Å². The Morgan fingerprint density at radius 3 is 2.64 bits per heavy atom. The molecule has 4 nitrogen and oxygen atoms in total. The van der Waals surface area contributed by atoms with Gasteiger partial charge in [-0.15, -0.1) is 11.3 Å². The number of halogens is 2. The predicted octanol–water partition coefficient (Wildman–Crippen LogP) is 3.69. The van der Waals surface area contributed by atoms with Crippen LogP contribution in [-0.4, -0.2) is 18.5 Å². The van der Waals surface area contributed by atoms with Crippen molar-refractivity contribution in [1.29, 1.82) is 0 Å².